The van der Waals surface area contributed by atoms with Crippen LogP contribution in [0.15, 0.2) is 0 Å². The summed E-state index contributed by atoms with van der Waals surface area (Å²) in [6.45, 7) is 3.74. The monoisotopic (exact) mass is 301 g/mol. The predicted molar refractivity (Wildman–Crippen MR) is 84.7 cm³/mol. The number of likely N-dealkylation sites (N-methyl/N-ethyl adjacent to an activating group) is 1. The van der Waals surface area contributed by atoms with Gasteiger partial charge in [-0.25, -0.2) is 0 Å². The molecule has 1 aromatic heterocycles. The minimum absolute atomic E-state index is 0.197. The number of aromatic nitrogens is 3. The number of hydrogen-bond acceptors (Lipinski definition) is 7. The lowest BCUT2D eigenvalue weighted by atomic mass is 9.96. The van der Waals surface area contributed by atoms with Crippen LogP contribution in [0.25, 0.3) is 0 Å². The van der Waals surface area contributed by atoms with Gasteiger partial charge in [-0.05, 0) is 19.9 Å². The Labute approximate surface area is 131 Å². The van der Waals surface area contributed by atoms with Crippen LogP contribution in [0.4, 0.5) is 11.9 Å². The van der Waals surface area contributed by atoms with Crippen molar-refractivity contribution >= 4 is 11.9 Å². The lowest BCUT2D eigenvalue weighted by Crippen LogP contribution is -2.45. The van der Waals surface area contributed by atoms with Gasteiger partial charge in [0.15, 0.2) is 0 Å². The molecule has 3 rings (SSSR count). The maximum atomic E-state index is 9.18. The topological polar surface area (TPSA) is 81.0 Å². The second kappa shape index (κ2) is 6.88. The lowest BCUT2D eigenvalue weighted by molar-refractivity contribution is 0.311. The fourth-order valence-corrected chi connectivity index (χ4v) is 3.06. The molecule has 0 spiro atoms. The van der Waals surface area contributed by atoms with E-state index in [2.05, 4.69) is 43.2 Å². The summed E-state index contributed by atoms with van der Waals surface area (Å²) in [5.74, 6) is 1.37. The van der Waals surface area contributed by atoms with E-state index in [0.29, 0.717) is 17.9 Å². The van der Waals surface area contributed by atoms with E-state index in [-0.39, 0.29) is 5.82 Å². The number of nitriles is 1. The summed E-state index contributed by atoms with van der Waals surface area (Å²) >= 11 is 0. The summed E-state index contributed by atoms with van der Waals surface area (Å²) in [5, 5.41) is 12.6. The molecule has 1 saturated heterocycles. The molecule has 7 nitrogen and oxygen atoms in total. The highest BCUT2D eigenvalue weighted by Crippen LogP contribution is 2.21. The molecule has 1 aromatic rings. The Morgan fingerprint density at radius 3 is 2.45 bits per heavy atom. The quantitative estimate of drug-likeness (QED) is 0.899. The van der Waals surface area contributed by atoms with Crippen LogP contribution >= 0.6 is 0 Å². The summed E-state index contributed by atoms with van der Waals surface area (Å²) in [4.78, 5) is 17.5. The number of nitrogens with one attached hydrogen (secondary N) is 1. The van der Waals surface area contributed by atoms with Gasteiger partial charge in [0.25, 0.3) is 0 Å². The van der Waals surface area contributed by atoms with E-state index in [0.717, 1.165) is 39.0 Å². The van der Waals surface area contributed by atoms with Gasteiger partial charge in [0.1, 0.15) is 6.07 Å². The molecule has 2 heterocycles. The van der Waals surface area contributed by atoms with Gasteiger partial charge in [0.05, 0.1) is 0 Å². The lowest BCUT2D eigenvalue weighted by Gasteiger charge is -2.32. The molecule has 1 N–H and O–H groups in total. The van der Waals surface area contributed by atoms with Gasteiger partial charge in [-0.15, -0.1) is 0 Å². The number of anilines is 2. The Balaban J connectivity index is 1.75. The zero-order chi connectivity index (χ0) is 15.4. The Bertz CT molecular complexity index is 539. The van der Waals surface area contributed by atoms with Crippen molar-refractivity contribution in [1.29, 1.82) is 5.26 Å². The zero-order valence-electron chi connectivity index (χ0n) is 13.1. The maximum absolute atomic E-state index is 9.18. The van der Waals surface area contributed by atoms with Gasteiger partial charge in [0.2, 0.25) is 17.7 Å². The van der Waals surface area contributed by atoms with Crippen LogP contribution < -0.4 is 10.2 Å². The van der Waals surface area contributed by atoms with E-state index >= 15 is 0 Å². The van der Waals surface area contributed by atoms with Crippen molar-refractivity contribution in [3.63, 3.8) is 0 Å². The molecule has 2 fully saturated rings. The van der Waals surface area contributed by atoms with E-state index in [4.69, 9.17) is 0 Å². The molecule has 0 atom stereocenters. The van der Waals surface area contributed by atoms with Crippen LogP contribution in [-0.2, 0) is 0 Å². The summed E-state index contributed by atoms with van der Waals surface area (Å²) in [7, 11) is 2.11. The summed E-state index contributed by atoms with van der Waals surface area (Å²) in [5.41, 5.74) is 0. The highest BCUT2D eigenvalue weighted by molar-refractivity contribution is 5.40. The van der Waals surface area contributed by atoms with Gasteiger partial charge in [-0.3, -0.25) is 0 Å². The molecule has 0 unspecified atom stereocenters. The molecule has 22 heavy (non-hydrogen) atoms. The fourth-order valence-electron chi connectivity index (χ4n) is 3.06. The van der Waals surface area contributed by atoms with Crippen molar-refractivity contribution in [2.45, 2.75) is 38.1 Å². The van der Waals surface area contributed by atoms with Gasteiger partial charge in [-0.2, -0.15) is 20.2 Å². The van der Waals surface area contributed by atoms with Crippen LogP contribution in [0.2, 0.25) is 0 Å². The van der Waals surface area contributed by atoms with Gasteiger partial charge in [-0.1, -0.05) is 19.3 Å². The highest BCUT2D eigenvalue weighted by Gasteiger charge is 2.20. The molecule has 2 aliphatic rings. The van der Waals surface area contributed by atoms with Crippen molar-refractivity contribution in [3.05, 3.63) is 5.82 Å². The van der Waals surface area contributed by atoms with Gasteiger partial charge in [0, 0.05) is 32.2 Å². The number of nitrogens with zero attached hydrogens (tertiary/aromatic N) is 6. The van der Waals surface area contributed by atoms with Crippen LogP contribution in [0.1, 0.15) is 37.9 Å². The molecule has 0 radical (unpaired) electrons. The third-order valence-corrected chi connectivity index (χ3v) is 4.45. The average molecular weight is 301 g/mol. The van der Waals surface area contributed by atoms with Crippen LogP contribution in [0, 0.1) is 11.3 Å². The largest absolute Gasteiger partial charge is 0.351 e. The average Bonchev–Trinajstić information content (AvgIpc) is 2.56. The Hall–Kier alpha value is -1.94. The summed E-state index contributed by atoms with van der Waals surface area (Å²) < 4.78 is 0. The van der Waals surface area contributed by atoms with Crippen molar-refractivity contribution in [1.82, 2.24) is 19.9 Å². The third kappa shape index (κ3) is 3.63. The molecule has 7 heteroatoms. The fraction of sp³-hybridized carbons (Fsp3) is 0.733. The van der Waals surface area contributed by atoms with Crippen molar-refractivity contribution in [3.8, 4) is 6.07 Å². The third-order valence-electron chi connectivity index (χ3n) is 4.45. The standard InChI is InChI=1S/C15H23N7/c1-21-7-9-22(10-8-21)15-19-13(11-16)18-14(20-15)17-12-5-3-2-4-6-12/h12H,2-10H2,1H3,(H,17,18,19,20). The van der Waals surface area contributed by atoms with Crippen LogP contribution in [0.3, 0.4) is 0 Å². The Morgan fingerprint density at radius 2 is 1.77 bits per heavy atom. The summed E-state index contributed by atoms with van der Waals surface area (Å²) in [6, 6.07) is 2.47. The van der Waals surface area contributed by atoms with Crippen molar-refractivity contribution < 1.29 is 0 Å². The SMILES string of the molecule is CN1CCN(c2nc(C#N)nc(NC3CCCCC3)n2)CC1. The summed E-state index contributed by atoms with van der Waals surface area (Å²) in [6.07, 6.45) is 6.11. The first kappa shape index (κ1) is 15.0. The molecule has 0 amide bonds. The molecule has 0 aromatic carbocycles. The molecular weight excluding hydrogens is 278 g/mol. The molecule has 1 aliphatic carbocycles. The van der Waals surface area contributed by atoms with Crippen LogP contribution in [0.5, 0.6) is 0 Å². The second-order valence-electron chi connectivity index (χ2n) is 6.16. The minimum atomic E-state index is 0.197. The molecule has 118 valence electrons. The highest BCUT2D eigenvalue weighted by atomic mass is 15.3. The van der Waals surface area contributed by atoms with Crippen LogP contribution in [-0.4, -0.2) is 59.1 Å². The zero-order valence-corrected chi connectivity index (χ0v) is 13.1. The molecule has 1 aliphatic heterocycles. The minimum Gasteiger partial charge on any atom is -0.351 e. The molecule has 1 saturated carbocycles. The van der Waals surface area contributed by atoms with Crippen molar-refractivity contribution in [2.24, 2.45) is 0 Å². The first-order valence-corrected chi connectivity index (χ1v) is 8.11. The van der Waals surface area contributed by atoms with E-state index in [9.17, 15) is 5.26 Å². The van der Waals surface area contributed by atoms with Gasteiger partial charge < -0.3 is 15.1 Å². The van der Waals surface area contributed by atoms with E-state index < -0.39 is 0 Å². The van der Waals surface area contributed by atoms with E-state index in [1.54, 1.807) is 0 Å². The number of hydrogen-bond donors (Lipinski definition) is 1. The molecule has 0 bridgehead atoms. The first-order chi connectivity index (χ1) is 10.7. The smallest absolute Gasteiger partial charge is 0.238 e. The predicted octanol–water partition coefficient (Wildman–Crippen LogP) is 1.24. The normalized spacial score (nSPS) is 20.6. The Kier molecular flexibility index (Phi) is 4.68. The number of piperazine rings is 1. The Morgan fingerprint density at radius 1 is 1.05 bits per heavy atom. The van der Waals surface area contributed by atoms with Crippen molar-refractivity contribution in [2.75, 3.05) is 43.4 Å². The second-order valence-corrected chi connectivity index (χ2v) is 6.16. The number of rotatable bonds is 3. The van der Waals surface area contributed by atoms with E-state index in [1.807, 2.05) is 0 Å². The maximum Gasteiger partial charge on any atom is 0.238 e. The van der Waals surface area contributed by atoms with E-state index in [1.165, 1.54) is 19.3 Å². The first-order valence-electron chi connectivity index (χ1n) is 8.11. The molecular formula is C15H23N7. The van der Waals surface area contributed by atoms with Gasteiger partial charge >= 0.3 is 0 Å².